The van der Waals surface area contributed by atoms with Crippen molar-refractivity contribution in [2.75, 3.05) is 0 Å². The Bertz CT molecular complexity index is 808. The molecule has 7 heteroatoms. The maximum absolute atomic E-state index is 15.3. The second-order valence-electron chi connectivity index (χ2n) is 6.56. The van der Waals surface area contributed by atoms with Crippen LogP contribution in [0.25, 0.3) is 11.0 Å². The molecule has 1 aliphatic carbocycles. The van der Waals surface area contributed by atoms with Crippen molar-refractivity contribution in [2.24, 2.45) is 0 Å². The average Bonchev–Trinajstić information content (AvgIpc) is 3.12. The number of nitrogens with zero attached hydrogens (tertiary/aromatic N) is 3. The Morgan fingerprint density at radius 1 is 1.43 bits per heavy atom. The molecule has 0 amide bonds. The molecule has 0 spiro atoms. The Labute approximate surface area is 138 Å². The molecule has 0 bridgehead atoms. The van der Waals surface area contributed by atoms with E-state index in [1.807, 2.05) is 10.6 Å². The molecule has 1 saturated heterocycles. The van der Waals surface area contributed by atoms with Crippen molar-refractivity contribution in [1.82, 2.24) is 14.5 Å². The van der Waals surface area contributed by atoms with Crippen LogP contribution in [0.3, 0.4) is 0 Å². The molecule has 0 aromatic carbocycles. The highest BCUT2D eigenvalue weighted by molar-refractivity contribution is 6.33. The third kappa shape index (κ3) is 1.92. The van der Waals surface area contributed by atoms with Crippen molar-refractivity contribution >= 4 is 22.6 Å². The van der Waals surface area contributed by atoms with Crippen molar-refractivity contribution in [1.29, 1.82) is 0 Å². The van der Waals surface area contributed by atoms with Gasteiger partial charge in [0, 0.05) is 12.6 Å². The van der Waals surface area contributed by atoms with Gasteiger partial charge >= 0.3 is 0 Å². The Kier molecular flexibility index (Phi) is 2.96. The number of rotatable bonds is 2. The Hall–Kier alpha value is -1.50. The van der Waals surface area contributed by atoms with E-state index in [2.05, 4.69) is 16.5 Å². The molecule has 2 aliphatic rings. The van der Waals surface area contributed by atoms with E-state index in [0.717, 1.165) is 0 Å². The van der Waals surface area contributed by atoms with Gasteiger partial charge in [0.05, 0.1) is 5.39 Å². The quantitative estimate of drug-likeness (QED) is 0.621. The molecule has 1 aliphatic heterocycles. The van der Waals surface area contributed by atoms with Gasteiger partial charge in [-0.3, -0.25) is 0 Å². The van der Waals surface area contributed by atoms with E-state index in [4.69, 9.17) is 21.1 Å². The first-order valence-corrected chi connectivity index (χ1v) is 7.88. The minimum Gasteiger partial charge on any atom is -0.338 e. The van der Waals surface area contributed by atoms with Crippen molar-refractivity contribution in [3.05, 3.63) is 36.4 Å². The van der Waals surface area contributed by atoms with Crippen LogP contribution in [0.2, 0.25) is 5.15 Å². The van der Waals surface area contributed by atoms with Crippen LogP contribution in [-0.4, -0.2) is 32.1 Å². The lowest BCUT2D eigenvalue weighted by Gasteiger charge is -2.31. The second-order valence-corrected chi connectivity index (χ2v) is 6.92. The van der Waals surface area contributed by atoms with Crippen LogP contribution < -0.4 is 0 Å². The topological polar surface area (TPSA) is 49.2 Å². The summed E-state index contributed by atoms with van der Waals surface area (Å²) in [6.07, 6.45) is 4.44. The van der Waals surface area contributed by atoms with Gasteiger partial charge in [-0.15, -0.1) is 0 Å². The highest BCUT2D eigenvalue weighted by Crippen LogP contribution is 2.56. The summed E-state index contributed by atoms with van der Waals surface area (Å²) in [5.74, 6) is -0.904. The Morgan fingerprint density at radius 3 is 2.96 bits per heavy atom. The monoisotopic (exact) mass is 337 g/mol. The molecule has 0 N–H and O–H groups in total. The summed E-state index contributed by atoms with van der Waals surface area (Å²) in [7, 11) is 0. The number of aromatic nitrogens is 3. The fraction of sp³-hybridized carbons (Fsp3) is 0.500. The van der Waals surface area contributed by atoms with E-state index in [9.17, 15) is 0 Å². The first kappa shape index (κ1) is 15.1. The second kappa shape index (κ2) is 4.53. The van der Waals surface area contributed by atoms with Crippen LogP contribution in [0.1, 0.15) is 26.7 Å². The maximum atomic E-state index is 15.3. The molecule has 1 saturated carbocycles. The number of hydrogen-bond acceptors (Lipinski definition) is 4. The highest BCUT2D eigenvalue weighted by Gasteiger charge is 2.67. The summed E-state index contributed by atoms with van der Waals surface area (Å²) in [5.41, 5.74) is -2.03. The average molecular weight is 338 g/mol. The summed E-state index contributed by atoms with van der Waals surface area (Å²) >= 11 is 6.13. The lowest BCUT2D eigenvalue weighted by atomic mass is 10.00. The minimum absolute atomic E-state index is 0.274. The zero-order valence-electron chi connectivity index (χ0n) is 12.9. The van der Waals surface area contributed by atoms with Gasteiger partial charge < -0.3 is 14.0 Å². The van der Waals surface area contributed by atoms with Gasteiger partial charge in [-0.1, -0.05) is 24.3 Å². The van der Waals surface area contributed by atoms with Gasteiger partial charge in [0.15, 0.2) is 17.2 Å². The van der Waals surface area contributed by atoms with Gasteiger partial charge in [0.1, 0.15) is 23.2 Å². The molecular weight excluding hydrogens is 321 g/mol. The van der Waals surface area contributed by atoms with Crippen LogP contribution >= 0.6 is 11.6 Å². The number of halogens is 2. The third-order valence-electron chi connectivity index (χ3n) is 4.72. The largest absolute Gasteiger partial charge is 0.338 e. The SMILES string of the molecule is C=C[C@@]1(F)CC[C@]2(n3ccc4c(Cl)ncnc43)OC(C)(C)O[C@H]12. The molecule has 4 rings (SSSR count). The molecule has 3 heterocycles. The molecule has 122 valence electrons. The van der Waals surface area contributed by atoms with Crippen molar-refractivity contribution < 1.29 is 13.9 Å². The van der Waals surface area contributed by atoms with E-state index in [0.29, 0.717) is 22.6 Å². The number of fused-ring (bicyclic) bond motifs is 2. The summed E-state index contributed by atoms with van der Waals surface area (Å²) in [6.45, 7) is 7.21. The molecule has 3 atom stereocenters. The molecular formula is C16H17ClFN3O2. The van der Waals surface area contributed by atoms with E-state index in [-0.39, 0.29) is 6.42 Å². The van der Waals surface area contributed by atoms with Crippen LogP contribution in [0.4, 0.5) is 4.39 Å². The summed E-state index contributed by atoms with van der Waals surface area (Å²) < 4.78 is 29.2. The molecule has 0 radical (unpaired) electrons. The van der Waals surface area contributed by atoms with Crippen molar-refractivity contribution in [3.8, 4) is 0 Å². The van der Waals surface area contributed by atoms with Crippen LogP contribution in [0, 0.1) is 0 Å². The van der Waals surface area contributed by atoms with E-state index in [1.165, 1.54) is 12.4 Å². The Balaban J connectivity index is 1.94. The molecule has 2 aromatic heterocycles. The van der Waals surface area contributed by atoms with E-state index in [1.54, 1.807) is 20.0 Å². The number of ether oxygens (including phenoxy) is 2. The Morgan fingerprint density at radius 2 is 2.22 bits per heavy atom. The zero-order chi connectivity index (χ0) is 16.5. The molecule has 5 nitrogen and oxygen atoms in total. The van der Waals surface area contributed by atoms with Crippen molar-refractivity contribution in [2.45, 2.75) is 50.0 Å². The van der Waals surface area contributed by atoms with Crippen LogP contribution in [0.5, 0.6) is 0 Å². The normalized spacial score (nSPS) is 35.6. The minimum atomic E-state index is -1.65. The number of alkyl halides is 1. The van der Waals surface area contributed by atoms with E-state index >= 15 is 4.39 Å². The third-order valence-corrected chi connectivity index (χ3v) is 5.02. The van der Waals surface area contributed by atoms with Gasteiger partial charge in [-0.25, -0.2) is 14.4 Å². The molecule has 2 fully saturated rings. The lowest BCUT2D eigenvalue weighted by Crippen LogP contribution is -2.45. The lowest BCUT2D eigenvalue weighted by molar-refractivity contribution is -0.189. The maximum Gasteiger partial charge on any atom is 0.179 e. The van der Waals surface area contributed by atoms with Gasteiger partial charge in [-0.05, 0) is 26.3 Å². The van der Waals surface area contributed by atoms with E-state index < -0.39 is 23.3 Å². The smallest absolute Gasteiger partial charge is 0.179 e. The first-order valence-electron chi connectivity index (χ1n) is 7.50. The predicted octanol–water partition coefficient (Wildman–Crippen LogP) is 3.58. The zero-order valence-corrected chi connectivity index (χ0v) is 13.7. The van der Waals surface area contributed by atoms with Gasteiger partial charge in [0.2, 0.25) is 0 Å². The summed E-state index contributed by atoms with van der Waals surface area (Å²) in [6, 6.07) is 1.81. The van der Waals surface area contributed by atoms with Crippen LogP contribution in [0.15, 0.2) is 31.2 Å². The first-order chi connectivity index (χ1) is 10.8. The molecule has 23 heavy (non-hydrogen) atoms. The van der Waals surface area contributed by atoms with Gasteiger partial charge in [0.25, 0.3) is 0 Å². The molecule has 0 unspecified atom stereocenters. The predicted molar refractivity (Wildman–Crippen MR) is 83.8 cm³/mol. The standard InChI is InChI=1S/C16H17ClFN3O2/c1-4-15(18)6-7-16(13(15)22-14(2,3)23-16)21-8-5-10-11(17)19-9-20-12(10)21/h4-5,8-9,13H,1,6-7H2,2-3H3/t13-,15-,16+/m1/s1. The fourth-order valence-electron chi connectivity index (χ4n) is 3.77. The summed E-state index contributed by atoms with van der Waals surface area (Å²) in [5, 5.41) is 1.05. The summed E-state index contributed by atoms with van der Waals surface area (Å²) in [4.78, 5) is 8.29. The highest BCUT2D eigenvalue weighted by atomic mass is 35.5. The fourth-order valence-corrected chi connectivity index (χ4v) is 3.96. The van der Waals surface area contributed by atoms with Crippen LogP contribution in [-0.2, 0) is 15.2 Å². The van der Waals surface area contributed by atoms with Gasteiger partial charge in [-0.2, -0.15) is 0 Å². The molecule has 2 aromatic rings. The van der Waals surface area contributed by atoms with Crippen molar-refractivity contribution in [3.63, 3.8) is 0 Å². The number of hydrogen-bond donors (Lipinski definition) is 0.